The van der Waals surface area contributed by atoms with Gasteiger partial charge in [0.15, 0.2) is 0 Å². The monoisotopic (exact) mass is 213 g/mol. The molecule has 2 amide bonds. The van der Waals surface area contributed by atoms with E-state index >= 15 is 0 Å². The van der Waals surface area contributed by atoms with Gasteiger partial charge in [-0.25, -0.2) is 4.79 Å². The van der Waals surface area contributed by atoms with Crippen molar-refractivity contribution >= 4 is 6.03 Å². The van der Waals surface area contributed by atoms with Crippen molar-refractivity contribution in [3.05, 3.63) is 0 Å². The highest BCUT2D eigenvalue weighted by molar-refractivity contribution is 5.76. The second kappa shape index (κ2) is 4.84. The number of urea groups is 1. The summed E-state index contributed by atoms with van der Waals surface area (Å²) in [6.07, 6.45) is 0. The molecule has 1 heterocycles. The van der Waals surface area contributed by atoms with E-state index in [-0.39, 0.29) is 11.4 Å². The first-order valence-corrected chi connectivity index (χ1v) is 5.67. The normalized spacial score (nSPS) is 19.2. The van der Waals surface area contributed by atoms with E-state index in [2.05, 4.69) is 38.3 Å². The van der Waals surface area contributed by atoms with Gasteiger partial charge in [-0.15, -0.1) is 0 Å². The Bertz CT molecular complexity index is 222. The molecule has 0 aromatic carbocycles. The zero-order valence-electron chi connectivity index (χ0n) is 10.3. The summed E-state index contributed by atoms with van der Waals surface area (Å²) >= 11 is 0. The molecule has 2 N–H and O–H groups in total. The summed E-state index contributed by atoms with van der Waals surface area (Å²) in [4.78, 5) is 13.1. The standard InChI is InChI=1S/C11H23N3O/c1-9(11(2,3)4)12-5-7-14-8-6-13-10(14)15/h9,12H,5-8H2,1-4H3,(H,13,15). The second-order valence-electron chi connectivity index (χ2n) is 5.26. The first-order chi connectivity index (χ1) is 6.91. The maximum atomic E-state index is 11.2. The van der Waals surface area contributed by atoms with E-state index in [1.165, 1.54) is 0 Å². The lowest BCUT2D eigenvalue weighted by Gasteiger charge is -2.29. The zero-order chi connectivity index (χ0) is 11.5. The van der Waals surface area contributed by atoms with Crippen molar-refractivity contribution in [1.82, 2.24) is 15.5 Å². The smallest absolute Gasteiger partial charge is 0.317 e. The lowest BCUT2D eigenvalue weighted by atomic mass is 9.88. The predicted molar refractivity (Wildman–Crippen MR) is 61.9 cm³/mol. The summed E-state index contributed by atoms with van der Waals surface area (Å²) in [7, 11) is 0. The van der Waals surface area contributed by atoms with Gasteiger partial charge in [0.05, 0.1) is 0 Å². The van der Waals surface area contributed by atoms with Crippen LogP contribution in [0.25, 0.3) is 0 Å². The van der Waals surface area contributed by atoms with Crippen LogP contribution in [0.4, 0.5) is 4.79 Å². The van der Waals surface area contributed by atoms with E-state index < -0.39 is 0 Å². The highest BCUT2D eigenvalue weighted by Crippen LogP contribution is 2.18. The summed E-state index contributed by atoms with van der Waals surface area (Å²) in [5, 5.41) is 6.25. The van der Waals surface area contributed by atoms with Gasteiger partial charge >= 0.3 is 6.03 Å². The maximum absolute atomic E-state index is 11.2. The topological polar surface area (TPSA) is 44.4 Å². The van der Waals surface area contributed by atoms with Crippen molar-refractivity contribution < 1.29 is 4.79 Å². The molecule has 4 heteroatoms. The summed E-state index contributed by atoms with van der Waals surface area (Å²) in [6, 6.07) is 0.531. The van der Waals surface area contributed by atoms with Gasteiger partial charge in [0, 0.05) is 32.2 Å². The van der Waals surface area contributed by atoms with Crippen molar-refractivity contribution in [2.45, 2.75) is 33.7 Å². The van der Waals surface area contributed by atoms with Crippen LogP contribution < -0.4 is 10.6 Å². The van der Waals surface area contributed by atoms with Crippen molar-refractivity contribution in [3.8, 4) is 0 Å². The van der Waals surface area contributed by atoms with Crippen LogP contribution in [-0.4, -0.2) is 43.2 Å². The summed E-state index contributed by atoms with van der Waals surface area (Å²) in [5.41, 5.74) is 0.271. The number of nitrogens with one attached hydrogen (secondary N) is 2. The third-order valence-corrected chi connectivity index (χ3v) is 3.08. The van der Waals surface area contributed by atoms with Gasteiger partial charge in [0.2, 0.25) is 0 Å². The van der Waals surface area contributed by atoms with Crippen LogP contribution in [0, 0.1) is 5.41 Å². The van der Waals surface area contributed by atoms with Gasteiger partial charge in [-0.05, 0) is 12.3 Å². The number of carbonyl (C=O) groups is 1. The fourth-order valence-electron chi connectivity index (χ4n) is 1.45. The molecule has 0 aliphatic carbocycles. The summed E-state index contributed by atoms with van der Waals surface area (Å²) in [6.45, 7) is 12.1. The first-order valence-electron chi connectivity index (χ1n) is 5.67. The Morgan fingerprint density at radius 3 is 2.67 bits per heavy atom. The molecule has 4 nitrogen and oxygen atoms in total. The molecule has 0 bridgehead atoms. The molecule has 0 spiro atoms. The Balaban J connectivity index is 2.19. The number of hydrogen-bond acceptors (Lipinski definition) is 2. The van der Waals surface area contributed by atoms with Crippen LogP contribution in [-0.2, 0) is 0 Å². The lowest BCUT2D eigenvalue weighted by Crippen LogP contribution is -2.42. The average molecular weight is 213 g/mol. The second-order valence-corrected chi connectivity index (χ2v) is 5.26. The lowest BCUT2D eigenvalue weighted by molar-refractivity contribution is 0.214. The molecule has 88 valence electrons. The maximum Gasteiger partial charge on any atom is 0.317 e. The Morgan fingerprint density at radius 2 is 2.20 bits per heavy atom. The van der Waals surface area contributed by atoms with Crippen molar-refractivity contribution in [2.24, 2.45) is 5.41 Å². The SMILES string of the molecule is CC(NCCN1CCNC1=O)C(C)(C)C. The number of rotatable bonds is 4. The van der Waals surface area contributed by atoms with Gasteiger partial charge in [0.1, 0.15) is 0 Å². The highest BCUT2D eigenvalue weighted by Gasteiger charge is 2.21. The Morgan fingerprint density at radius 1 is 1.53 bits per heavy atom. The van der Waals surface area contributed by atoms with E-state index in [1.54, 1.807) is 0 Å². The zero-order valence-corrected chi connectivity index (χ0v) is 10.3. The largest absolute Gasteiger partial charge is 0.336 e. The molecule has 0 aromatic heterocycles. The first kappa shape index (κ1) is 12.3. The Hall–Kier alpha value is -0.770. The molecule has 0 radical (unpaired) electrons. The van der Waals surface area contributed by atoms with E-state index in [4.69, 9.17) is 0 Å². The number of carbonyl (C=O) groups excluding carboxylic acids is 1. The average Bonchev–Trinajstić information content (AvgIpc) is 2.50. The number of amides is 2. The minimum Gasteiger partial charge on any atom is -0.336 e. The van der Waals surface area contributed by atoms with E-state index in [1.807, 2.05) is 4.90 Å². The van der Waals surface area contributed by atoms with Crippen LogP contribution in [0.15, 0.2) is 0 Å². The molecule has 1 aliphatic rings. The molecule has 0 aromatic rings. The van der Waals surface area contributed by atoms with Crippen molar-refractivity contribution in [1.29, 1.82) is 0 Å². The molecule has 1 unspecified atom stereocenters. The molecule has 0 saturated carbocycles. The molecule has 1 saturated heterocycles. The van der Waals surface area contributed by atoms with Crippen LogP contribution in [0.2, 0.25) is 0 Å². The van der Waals surface area contributed by atoms with Gasteiger partial charge in [-0.2, -0.15) is 0 Å². The van der Waals surface area contributed by atoms with E-state index in [0.29, 0.717) is 6.04 Å². The predicted octanol–water partition coefficient (Wildman–Crippen LogP) is 1.04. The number of hydrogen-bond donors (Lipinski definition) is 2. The third kappa shape index (κ3) is 3.70. The minimum absolute atomic E-state index is 0.0696. The Kier molecular flexibility index (Phi) is 3.97. The minimum atomic E-state index is 0.0696. The summed E-state index contributed by atoms with van der Waals surface area (Å²) < 4.78 is 0. The molecule has 1 rings (SSSR count). The van der Waals surface area contributed by atoms with Gasteiger partial charge in [-0.1, -0.05) is 20.8 Å². The van der Waals surface area contributed by atoms with Crippen LogP contribution >= 0.6 is 0 Å². The molecule has 15 heavy (non-hydrogen) atoms. The van der Waals surface area contributed by atoms with Gasteiger partial charge < -0.3 is 15.5 Å². The van der Waals surface area contributed by atoms with Gasteiger partial charge in [-0.3, -0.25) is 0 Å². The van der Waals surface area contributed by atoms with E-state index in [0.717, 1.165) is 26.2 Å². The van der Waals surface area contributed by atoms with Crippen molar-refractivity contribution in [3.63, 3.8) is 0 Å². The molecule has 1 fully saturated rings. The quantitative estimate of drug-likeness (QED) is 0.733. The fourth-order valence-corrected chi connectivity index (χ4v) is 1.45. The van der Waals surface area contributed by atoms with Crippen LogP contribution in [0.5, 0.6) is 0 Å². The molecular formula is C11H23N3O. The van der Waals surface area contributed by atoms with Crippen LogP contribution in [0.3, 0.4) is 0 Å². The van der Waals surface area contributed by atoms with Crippen molar-refractivity contribution in [2.75, 3.05) is 26.2 Å². The Labute approximate surface area is 92.4 Å². The van der Waals surface area contributed by atoms with E-state index in [9.17, 15) is 4.79 Å². The fraction of sp³-hybridized carbons (Fsp3) is 0.909. The third-order valence-electron chi connectivity index (χ3n) is 3.08. The number of nitrogens with zero attached hydrogens (tertiary/aromatic N) is 1. The molecule has 1 aliphatic heterocycles. The highest BCUT2D eigenvalue weighted by atomic mass is 16.2. The molecular weight excluding hydrogens is 190 g/mol. The van der Waals surface area contributed by atoms with Crippen LogP contribution in [0.1, 0.15) is 27.7 Å². The van der Waals surface area contributed by atoms with Gasteiger partial charge in [0.25, 0.3) is 0 Å². The summed E-state index contributed by atoms with van der Waals surface area (Å²) in [5.74, 6) is 0. The molecule has 1 atom stereocenters.